The monoisotopic (exact) mass is 268 g/mol. The molecule has 0 atom stereocenters. The van der Waals surface area contributed by atoms with Crippen molar-refractivity contribution in [1.82, 2.24) is 20.0 Å². The lowest BCUT2D eigenvalue weighted by Crippen LogP contribution is -2.05. The van der Waals surface area contributed by atoms with E-state index in [1.807, 2.05) is 12.1 Å². The van der Waals surface area contributed by atoms with Gasteiger partial charge in [-0.05, 0) is 43.3 Å². The molecule has 100 valence electrons. The summed E-state index contributed by atoms with van der Waals surface area (Å²) in [4.78, 5) is 15.8. The van der Waals surface area contributed by atoms with Crippen LogP contribution in [0.15, 0.2) is 42.6 Å². The van der Waals surface area contributed by atoms with Gasteiger partial charge in [0, 0.05) is 6.20 Å². The molecule has 20 heavy (non-hydrogen) atoms. The zero-order valence-electron chi connectivity index (χ0n) is 10.9. The smallest absolute Gasteiger partial charge is 0.338 e. The molecule has 3 aromatic rings. The fraction of sp³-hybridized carbons (Fsp3) is 0.143. The van der Waals surface area contributed by atoms with Gasteiger partial charge in [0.15, 0.2) is 5.65 Å². The zero-order chi connectivity index (χ0) is 13.9. The summed E-state index contributed by atoms with van der Waals surface area (Å²) in [7, 11) is 0. The highest BCUT2D eigenvalue weighted by molar-refractivity contribution is 5.89. The Labute approximate surface area is 115 Å². The van der Waals surface area contributed by atoms with Gasteiger partial charge in [0.2, 0.25) is 0 Å². The van der Waals surface area contributed by atoms with Crippen LogP contribution in [0.1, 0.15) is 17.3 Å². The summed E-state index contributed by atoms with van der Waals surface area (Å²) in [5.41, 5.74) is 2.70. The number of nitrogens with zero attached hydrogens (tertiary/aromatic N) is 4. The van der Waals surface area contributed by atoms with Crippen molar-refractivity contribution in [2.45, 2.75) is 6.92 Å². The van der Waals surface area contributed by atoms with Crippen molar-refractivity contribution in [3.05, 3.63) is 48.2 Å². The van der Waals surface area contributed by atoms with Gasteiger partial charge in [0.25, 0.3) is 0 Å². The molecule has 0 aliphatic carbocycles. The lowest BCUT2D eigenvalue weighted by molar-refractivity contribution is 0.0526. The number of ether oxygens (including phenoxy) is 1. The maximum absolute atomic E-state index is 11.6. The molecule has 2 heterocycles. The number of carbonyl (C=O) groups excluding carboxylic acids is 1. The second kappa shape index (κ2) is 5.08. The van der Waals surface area contributed by atoms with Gasteiger partial charge in [-0.25, -0.2) is 9.78 Å². The average Bonchev–Trinajstić information content (AvgIpc) is 2.92. The molecule has 0 fully saturated rings. The van der Waals surface area contributed by atoms with Crippen LogP contribution in [0, 0.1) is 0 Å². The topological polar surface area (TPSA) is 69.9 Å². The fourth-order valence-electron chi connectivity index (χ4n) is 1.89. The normalized spacial score (nSPS) is 10.7. The van der Waals surface area contributed by atoms with Gasteiger partial charge in [-0.2, -0.15) is 4.68 Å². The van der Waals surface area contributed by atoms with Crippen molar-refractivity contribution < 1.29 is 9.53 Å². The Morgan fingerprint density at radius 1 is 1.25 bits per heavy atom. The molecule has 2 aromatic heterocycles. The minimum atomic E-state index is -0.333. The minimum absolute atomic E-state index is 0.333. The molecule has 6 nitrogen and oxygen atoms in total. The Balaban J connectivity index is 1.97. The maximum atomic E-state index is 11.6. The van der Waals surface area contributed by atoms with Crippen molar-refractivity contribution in [3.63, 3.8) is 0 Å². The van der Waals surface area contributed by atoms with E-state index in [0.29, 0.717) is 17.8 Å². The number of hydrogen-bond donors (Lipinski definition) is 0. The molecule has 3 rings (SSSR count). The largest absolute Gasteiger partial charge is 0.462 e. The van der Waals surface area contributed by atoms with E-state index >= 15 is 0 Å². The molecule has 0 aliphatic heterocycles. The van der Waals surface area contributed by atoms with Crippen molar-refractivity contribution in [2.75, 3.05) is 6.61 Å². The third kappa shape index (κ3) is 2.11. The lowest BCUT2D eigenvalue weighted by atomic mass is 10.2. The van der Waals surface area contributed by atoms with E-state index in [1.54, 1.807) is 42.1 Å². The van der Waals surface area contributed by atoms with E-state index in [1.165, 1.54) is 0 Å². The molecule has 0 aliphatic rings. The first kappa shape index (κ1) is 12.3. The van der Waals surface area contributed by atoms with Crippen LogP contribution in [-0.4, -0.2) is 32.6 Å². The van der Waals surface area contributed by atoms with Crippen LogP contribution in [0.2, 0.25) is 0 Å². The highest BCUT2D eigenvalue weighted by Gasteiger charge is 2.09. The molecule has 0 N–H and O–H groups in total. The van der Waals surface area contributed by atoms with E-state index in [-0.39, 0.29) is 5.97 Å². The third-order valence-electron chi connectivity index (χ3n) is 2.83. The molecule has 6 heteroatoms. The van der Waals surface area contributed by atoms with Crippen LogP contribution in [0.4, 0.5) is 0 Å². The predicted octanol–water partition coefficient (Wildman–Crippen LogP) is 1.99. The van der Waals surface area contributed by atoms with E-state index in [0.717, 1.165) is 11.2 Å². The molecule has 0 amide bonds. The second-order valence-electron chi connectivity index (χ2n) is 4.11. The van der Waals surface area contributed by atoms with Gasteiger partial charge in [-0.15, -0.1) is 5.10 Å². The Morgan fingerprint density at radius 2 is 2.05 bits per heavy atom. The quantitative estimate of drug-likeness (QED) is 0.679. The molecule has 0 spiro atoms. The van der Waals surface area contributed by atoms with E-state index in [2.05, 4.69) is 15.3 Å². The second-order valence-corrected chi connectivity index (χ2v) is 4.11. The number of fused-ring (bicyclic) bond motifs is 1. The van der Waals surface area contributed by atoms with Crippen LogP contribution in [0.3, 0.4) is 0 Å². The summed E-state index contributed by atoms with van der Waals surface area (Å²) < 4.78 is 6.57. The molecule has 1 aromatic carbocycles. The van der Waals surface area contributed by atoms with Gasteiger partial charge >= 0.3 is 5.97 Å². The molecular weight excluding hydrogens is 256 g/mol. The average molecular weight is 268 g/mol. The number of esters is 1. The summed E-state index contributed by atoms with van der Waals surface area (Å²) in [5.74, 6) is -0.333. The number of carbonyl (C=O) groups is 1. The Bertz CT molecular complexity index is 749. The minimum Gasteiger partial charge on any atom is -0.462 e. The van der Waals surface area contributed by atoms with Crippen LogP contribution in [-0.2, 0) is 4.74 Å². The summed E-state index contributed by atoms with van der Waals surface area (Å²) in [6, 6.07) is 10.6. The van der Waals surface area contributed by atoms with Gasteiger partial charge in [-0.1, -0.05) is 5.21 Å². The van der Waals surface area contributed by atoms with Crippen molar-refractivity contribution in [2.24, 2.45) is 0 Å². The Kier molecular flexibility index (Phi) is 3.12. The molecule has 0 radical (unpaired) electrons. The number of benzene rings is 1. The molecule has 0 unspecified atom stereocenters. The fourth-order valence-corrected chi connectivity index (χ4v) is 1.89. The standard InChI is InChI=1S/C14H12N4O2/c1-2-20-14(19)10-5-7-11(8-6-10)18-13-12(16-17-18)4-3-9-15-13/h3-9H,2H2,1H3. The first-order valence-electron chi connectivity index (χ1n) is 6.23. The van der Waals surface area contributed by atoms with Crippen molar-refractivity contribution in [1.29, 1.82) is 0 Å². The number of pyridine rings is 1. The SMILES string of the molecule is CCOC(=O)c1ccc(-n2nnc3cccnc32)cc1. The van der Waals surface area contributed by atoms with Crippen molar-refractivity contribution >= 4 is 17.1 Å². The highest BCUT2D eigenvalue weighted by atomic mass is 16.5. The number of rotatable bonds is 3. The summed E-state index contributed by atoms with van der Waals surface area (Å²) in [6.07, 6.45) is 1.69. The first-order valence-corrected chi connectivity index (χ1v) is 6.23. The van der Waals surface area contributed by atoms with E-state index in [9.17, 15) is 4.79 Å². The van der Waals surface area contributed by atoms with E-state index in [4.69, 9.17) is 4.74 Å². The summed E-state index contributed by atoms with van der Waals surface area (Å²) in [5, 5.41) is 8.11. The highest BCUT2D eigenvalue weighted by Crippen LogP contribution is 2.14. The van der Waals surface area contributed by atoms with Gasteiger partial charge in [-0.3, -0.25) is 0 Å². The maximum Gasteiger partial charge on any atom is 0.338 e. The first-order chi connectivity index (χ1) is 9.79. The van der Waals surface area contributed by atoms with Crippen LogP contribution in [0.25, 0.3) is 16.9 Å². The van der Waals surface area contributed by atoms with Gasteiger partial charge < -0.3 is 4.74 Å². The summed E-state index contributed by atoms with van der Waals surface area (Å²) >= 11 is 0. The number of hydrogen-bond acceptors (Lipinski definition) is 5. The van der Waals surface area contributed by atoms with Crippen LogP contribution < -0.4 is 0 Å². The van der Waals surface area contributed by atoms with Crippen LogP contribution >= 0.6 is 0 Å². The Morgan fingerprint density at radius 3 is 2.80 bits per heavy atom. The summed E-state index contributed by atoms with van der Waals surface area (Å²) in [6.45, 7) is 2.14. The predicted molar refractivity (Wildman–Crippen MR) is 72.6 cm³/mol. The Hall–Kier alpha value is -2.76. The molecule has 0 saturated heterocycles. The lowest BCUT2D eigenvalue weighted by Gasteiger charge is -2.04. The van der Waals surface area contributed by atoms with E-state index < -0.39 is 0 Å². The molecular formula is C14H12N4O2. The van der Waals surface area contributed by atoms with Gasteiger partial charge in [0.1, 0.15) is 5.52 Å². The molecule has 0 saturated carbocycles. The third-order valence-corrected chi connectivity index (χ3v) is 2.83. The zero-order valence-corrected chi connectivity index (χ0v) is 10.9. The molecule has 0 bridgehead atoms. The number of aromatic nitrogens is 4. The van der Waals surface area contributed by atoms with Gasteiger partial charge in [0.05, 0.1) is 17.9 Å². The van der Waals surface area contributed by atoms with Crippen molar-refractivity contribution in [3.8, 4) is 5.69 Å². The van der Waals surface area contributed by atoms with Crippen LogP contribution in [0.5, 0.6) is 0 Å².